The normalized spacial score (nSPS) is 10.2. The standard InChI is InChI=1S/C11H10Cl2N4O/c1-18-8-9(12)16-11(13)17-10(8)15-6-7-3-2-4-14-5-7/h2-5H,6H2,1H3,(H,15,16,17). The van der Waals surface area contributed by atoms with Gasteiger partial charge in [-0.2, -0.15) is 4.98 Å². The zero-order valence-electron chi connectivity index (χ0n) is 9.52. The molecule has 0 spiro atoms. The SMILES string of the molecule is COc1c(Cl)nc(Cl)nc1NCc1cccnc1. The second-order valence-electron chi connectivity index (χ2n) is 3.38. The predicted molar refractivity (Wildman–Crippen MR) is 70.2 cm³/mol. The minimum absolute atomic E-state index is 0.0643. The Labute approximate surface area is 114 Å². The van der Waals surface area contributed by atoms with Crippen molar-refractivity contribution in [3.63, 3.8) is 0 Å². The number of halogens is 2. The number of hydrogen-bond acceptors (Lipinski definition) is 5. The summed E-state index contributed by atoms with van der Waals surface area (Å²) in [5, 5.41) is 3.31. The highest BCUT2D eigenvalue weighted by Crippen LogP contribution is 2.30. The lowest BCUT2D eigenvalue weighted by molar-refractivity contribution is 0.413. The molecule has 2 aromatic rings. The highest BCUT2D eigenvalue weighted by Gasteiger charge is 2.12. The first-order valence-corrected chi connectivity index (χ1v) is 5.86. The van der Waals surface area contributed by atoms with Crippen LogP contribution in [0.2, 0.25) is 10.4 Å². The van der Waals surface area contributed by atoms with Crippen LogP contribution in [0.3, 0.4) is 0 Å². The maximum Gasteiger partial charge on any atom is 0.226 e. The van der Waals surface area contributed by atoms with E-state index >= 15 is 0 Å². The largest absolute Gasteiger partial charge is 0.490 e. The van der Waals surface area contributed by atoms with Crippen LogP contribution in [0.4, 0.5) is 5.82 Å². The molecule has 0 aliphatic heterocycles. The van der Waals surface area contributed by atoms with Crippen LogP contribution in [0.15, 0.2) is 24.5 Å². The van der Waals surface area contributed by atoms with Crippen LogP contribution < -0.4 is 10.1 Å². The fourth-order valence-corrected chi connectivity index (χ4v) is 1.85. The van der Waals surface area contributed by atoms with Gasteiger partial charge in [-0.1, -0.05) is 17.7 Å². The highest BCUT2D eigenvalue weighted by atomic mass is 35.5. The molecule has 0 bridgehead atoms. The van der Waals surface area contributed by atoms with Crippen molar-refractivity contribution in [2.45, 2.75) is 6.54 Å². The minimum Gasteiger partial charge on any atom is -0.490 e. The summed E-state index contributed by atoms with van der Waals surface area (Å²) in [4.78, 5) is 11.9. The van der Waals surface area contributed by atoms with Crippen molar-refractivity contribution in [2.75, 3.05) is 12.4 Å². The summed E-state index contributed by atoms with van der Waals surface area (Å²) >= 11 is 11.6. The summed E-state index contributed by atoms with van der Waals surface area (Å²) in [6.07, 6.45) is 3.46. The van der Waals surface area contributed by atoms with Crippen molar-refractivity contribution >= 4 is 29.0 Å². The Kier molecular flexibility index (Phi) is 4.17. The van der Waals surface area contributed by atoms with E-state index in [0.717, 1.165) is 5.56 Å². The summed E-state index contributed by atoms with van der Waals surface area (Å²) in [6.45, 7) is 0.536. The first kappa shape index (κ1) is 12.9. The Morgan fingerprint density at radius 2 is 2.17 bits per heavy atom. The lowest BCUT2D eigenvalue weighted by atomic mass is 10.3. The smallest absolute Gasteiger partial charge is 0.226 e. The molecule has 2 heterocycles. The summed E-state index contributed by atoms with van der Waals surface area (Å²) in [7, 11) is 1.49. The lowest BCUT2D eigenvalue weighted by Crippen LogP contribution is -2.05. The van der Waals surface area contributed by atoms with E-state index in [0.29, 0.717) is 18.1 Å². The number of pyridine rings is 1. The summed E-state index contributed by atoms with van der Waals surface area (Å²) in [6, 6.07) is 3.80. The van der Waals surface area contributed by atoms with Gasteiger partial charge in [0.15, 0.2) is 16.7 Å². The van der Waals surface area contributed by atoms with Crippen LogP contribution in [0.25, 0.3) is 0 Å². The number of aromatic nitrogens is 3. The molecule has 7 heteroatoms. The Morgan fingerprint density at radius 1 is 1.33 bits per heavy atom. The van der Waals surface area contributed by atoms with E-state index in [9.17, 15) is 0 Å². The quantitative estimate of drug-likeness (QED) is 0.691. The third-order valence-corrected chi connectivity index (χ3v) is 2.61. The van der Waals surface area contributed by atoms with Crippen LogP contribution in [0, 0.1) is 0 Å². The third-order valence-electron chi connectivity index (χ3n) is 2.18. The maximum atomic E-state index is 5.90. The van der Waals surface area contributed by atoms with E-state index in [2.05, 4.69) is 20.3 Å². The van der Waals surface area contributed by atoms with E-state index < -0.39 is 0 Å². The van der Waals surface area contributed by atoms with Gasteiger partial charge in [0.05, 0.1) is 7.11 Å². The van der Waals surface area contributed by atoms with Crippen LogP contribution >= 0.6 is 23.2 Å². The predicted octanol–water partition coefficient (Wildman–Crippen LogP) is 2.80. The fraction of sp³-hybridized carbons (Fsp3) is 0.182. The van der Waals surface area contributed by atoms with Gasteiger partial charge in [0.2, 0.25) is 5.28 Å². The average Bonchev–Trinajstić information content (AvgIpc) is 2.37. The molecule has 5 nitrogen and oxygen atoms in total. The molecule has 2 aromatic heterocycles. The molecule has 0 saturated heterocycles. The van der Waals surface area contributed by atoms with E-state index in [4.69, 9.17) is 27.9 Å². The summed E-state index contributed by atoms with van der Waals surface area (Å²) in [5.41, 5.74) is 1.01. The number of ether oxygens (including phenoxy) is 1. The third kappa shape index (κ3) is 3.00. The molecular weight excluding hydrogens is 275 g/mol. The molecule has 0 aliphatic carbocycles. The molecule has 0 radical (unpaired) electrons. The molecule has 0 unspecified atom stereocenters. The number of rotatable bonds is 4. The van der Waals surface area contributed by atoms with Crippen molar-refractivity contribution in [2.24, 2.45) is 0 Å². The second kappa shape index (κ2) is 5.84. The molecular formula is C11H10Cl2N4O. The van der Waals surface area contributed by atoms with Crippen molar-refractivity contribution in [1.29, 1.82) is 0 Å². The number of nitrogens with one attached hydrogen (secondary N) is 1. The van der Waals surface area contributed by atoms with Gasteiger partial charge in [0.1, 0.15) is 0 Å². The molecule has 18 heavy (non-hydrogen) atoms. The number of anilines is 1. The van der Waals surface area contributed by atoms with Crippen LogP contribution in [-0.2, 0) is 6.54 Å². The van der Waals surface area contributed by atoms with Gasteiger partial charge in [-0.15, -0.1) is 0 Å². The Morgan fingerprint density at radius 3 is 2.83 bits per heavy atom. The zero-order valence-corrected chi connectivity index (χ0v) is 11.0. The Balaban J connectivity index is 2.18. The second-order valence-corrected chi connectivity index (χ2v) is 4.08. The van der Waals surface area contributed by atoms with Crippen molar-refractivity contribution in [3.05, 3.63) is 40.5 Å². The zero-order chi connectivity index (χ0) is 13.0. The first-order valence-electron chi connectivity index (χ1n) is 5.10. The highest BCUT2D eigenvalue weighted by molar-refractivity contribution is 6.33. The van der Waals surface area contributed by atoms with Gasteiger partial charge in [-0.05, 0) is 23.2 Å². The van der Waals surface area contributed by atoms with Crippen LogP contribution in [0.1, 0.15) is 5.56 Å². The monoisotopic (exact) mass is 284 g/mol. The number of nitrogens with zero attached hydrogens (tertiary/aromatic N) is 3. The number of hydrogen-bond donors (Lipinski definition) is 1. The Bertz CT molecular complexity index is 536. The van der Waals surface area contributed by atoms with E-state index in [1.54, 1.807) is 12.4 Å². The lowest BCUT2D eigenvalue weighted by Gasteiger charge is -2.11. The molecule has 0 aromatic carbocycles. The topological polar surface area (TPSA) is 59.9 Å². The van der Waals surface area contributed by atoms with Crippen molar-refractivity contribution in [3.8, 4) is 5.75 Å². The minimum atomic E-state index is 0.0643. The molecule has 0 saturated carbocycles. The van der Waals surface area contributed by atoms with Gasteiger partial charge < -0.3 is 10.1 Å². The molecule has 0 aliphatic rings. The van der Waals surface area contributed by atoms with E-state index in [1.165, 1.54) is 7.11 Å². The Hall–Kier alpha value is -1.59. The van der Waals surface area contributed by atoms with Gasteiger partial charge in [-0.25, -0.2) is 4.98 Å². The van der Waals surface area contributed by atoms with Crippen molar-refractivity contribution < 1.29 is 4.74 Å². The fourth-order valence-electron chi connectivity index (χ4n) is 1.39. The molecule has 1 N–H and O–H groups in total. The molecule has 0 amide bonds. The van der Waals surface area contributed by atoms with Gasteiger partial charge in [-0.3, -0.25) is 4.98 Å². The molecule has 0 atom stereocenters. The molecule has 0 fully saturated rings. The van der Waals surface area contributed by atoms with E-state index in [-0.39, 0.29) is 10.4 Å². The van der Waals surface area contributed by atoms with Gasteiger partial charge >= 0.3 is 0 Å². The summed E-state index contributed by atoms with van der Waals surface area (Å²) < 4.78 is 5.13. The molecule has 94 valence electrons. The van der Waals surface area contributed by atoms with Crippen LogP contribution in [0.5, 0.6) is 5.75 Å². The van der Waals surface area contributed by atoms with Crippen LogP contribution in [-0.4, -0.2) is 22.1 Å². The van der Waals surface area contributed by atoms with E-state index in [1.807, 2.05) is 12.1 Å². The van der Waals surface area contributed by atoms with Gasteiger partial charge in [0.25, 0.3) is 0 Å². The summed E-state index contributed by atoms with van der Waals surface area (Å²) in [5.74, 6) is 0.816. The van der Waals surface area contributed by atoms with Crippen molar-refractivity contribution in [1.82, 2.24) is 15.0 Å². The number of methoxy groups -OCH3 is 1. The van der Waals surface area contributed by atoms with Gasteiger partial charge in [0, 0.05) is 18.9 Å². The maximum absolute atomic E-state index is 5.90. The first-order chi connectivity index (χ1) is 8.70. The molecule has 2 rings (SSSR count). The average molecular weight is 285 g/mol.